The van der Waals surface area contributed by atoms with Gasteiger partial charge in [-0.2, -0.15) is 4.37 Å². The van der Waals surface area contributed by atoms with Crippen LogP contribution in [0.25, 0.3) is 21.2 Å². The Hall–Kier alpha value is -3.07. The van der Waals surface area contributed by atoms with Crippen molar-refractivity contribution in [3.8, 4) is 11.1 Å². The summed E-state index contributed by atoms with van der Waals surface area (Å²) in [6.45, 7) is 0.799. The number of aliphatic carboxylic acids is 1. The Morgan fingerprint density at radius 3 is 2.69 bits per heavy atom. The summed E-state index contributed by atoms with van der Waals surface area (Å²) in [5.41, 5.74) is 2.28. The molecule has 3 aromatic carbocycles. The molecule has 1 heterocycles. The minimum atomic E-state index is -1.56. The number of benzene rings is 3. The molecule has 1 aromatic heterocycles. The Balaban J connectivity index is 1.62. The number of aliphatic imine (C=N–C) groups is 1. The van der Waals surface area contributed by atoms with Crippen molar-refractivity contribution in [2.24, 2.45) is 4.99 Å². The Bertz CT molecular complexity index is 1310. The van der Waals surface area contributed by atoms with Gasteiger partial charge in [0.05, 0.1) is 17.0 Å². The average molecular weight is 510 g/mol. The Morgan fingerprint density at radius 2 is 1.97 bits per heavy atom. The number of aliphatic hydroxyl groups excluding tert-OH is 1. The largest absolute Gasteiger partial charge is 0.479 e. The molecule has 0 bridgehead atoms. The van der Waals surface area contributed by atoms with Gasteiger partial charge in [-0.05, 0) is 69.3 Å². The first kappa shape index (κ1) is 22.1. The quantitative estimate of drug-likeness (QED) is 0.276. The predicted octanol–water partition coefficient (Wildman–Crippen LogP) is 5.72. The van der Waals surface area contributed by atoms with Crippen molar-refractivity contribution < 1.29 is 15.0 Å². The van der Waals surface area contributed by atoms with Crippen molar-refractivity contribution in [2.75, 3.05) is 11.9 Å². The number of aliphatic hydroxyl groups is 1. The number of nitrogens with zero attached hydrogens (tertiary/aromatic N) is 2. The molecule has 0 saturated carbocycles. The van der Waals surface area contributed by atoms with Gasteiger partial charge in [0.1, 0.15) is 0 Å². The van der Waals surface area contributed by atoms with Crippen LogP contribution in [0.2, 0.25) is 0 Å². The van der Waals surface area contributed by atoms with E-state index < -0.39 is 18.1 Å². The summed E-state index contributed by atoms with van der Waals surface area (Å²) < 4.78 is 6.45. The number of carboxylic acids is 1. The lowest BCUT2D eigenvalue weighted by Crippen LogP contribution is -2.37. The van der Waals surface area contributed by atoms with Crippen molar-refractivity contribution in [1.29, 1.82) is 0 Å². The van der Waals surface area contributed by atoms with Crippen molar-refractivity contribution in [3.63, 3.8) is 0 Å². The summed E-state index contributed by atoms with van der Waals surface area (Å²) in [5, 5.41) is 23.0. The van der Waals surface area contributed by atoms with Gasteiger partial charge in [-0.1, -0.05) is 48.5 Å². The molecule has 0 aliphatic rings. The fourth-order valence-corrected chi connectivity index (χ4v) is 4.48. The molecule has 3 N–H and O–H groups in total. The van der Waals surface area contributed by atoms with Gasteiger partial charge in [0, 0.05) is 16.1 Å². The van der Waals surface area contributed by atoms with Gasteiger partial charge in [0.25, 0.3) is 0 Å². The minimum absolute atomic E-state index is 0.577. The zero-order valence-electron chi connectivity index (χ0n) is 17.1. The number of rotatable bonds is 7. The summed E-state index contributed by atoms with van der Waals surface area (Å²) in [6, 6.07) is 21.9. The highest BCUT2D eigenvalue weighted by molar-refractivity contribution is 9.10. The molecule has 0 aliphatic carbocycles. The second kappa shape index (κ2) is 9.20. The lowest BCUT2D eigenvalue weighted by Gasteiger charge is -2.16. The molecule has 1 unspecified atom stereocenters. The van der Waals surface area contributed by atoms with Crippen molar-refractivity contribution in [3.05, 3.63) is 76.8 Å². The topological polar surface area (TPSA) is 94.8 Å². The first-order valence-electron chi connectivity index (χ1n) is 9.81. The molecule has 32 heavy (non-hydrogen) atoms. The number of fused-ring (bicyclic) bond motifs is 1. The standard InChI is InChI=1S/C24H20BrN3O3S/c1-24(14-29,23(30)31)26-13-15-10-11-18-20(12-15)32-28-22(18)27-19-9-5-8-17(21(19)25)16-6-3-2-4-7-16/h2-13,29H,14H2,1H3,(H,27,28)(H,30,31). The van der Waals surface area contributed by atoms with Crippen LogP contribution in [0.1, 0.15) is 12.5 Å². The van der Waals surface area contributed by atoms with E-state index in [1.54, 1.807) is 0 Å². The number of hydrogen-bond acceptors (Lipinski definition) is 6. The number of anilines is 2. The Labute approximate surface area is 197 Å². The van der Waals surface area contributed by atoms with Crippen LogP contribution in [0.4, 0.5) is 11.5 Å². The molecule has 0 aliphatic heterocycles. The van der Waals surface area contributed by atoms with Gasteiger partial charge in [-0.25, -0.2) is 4.79 Å². The van der Waals surface area contributed by atoms with Crippen LogP contribution >= 0.6 is 27.5 Å². The molecule has 6 nitrogen and oxygen atoms in total. The van der Waals surface area contributed by atoms with Crippen LogP contribution in [0.3, 0.4) is 0 Å². The van der Waals surface area contributed by atoms with E-state index in [4.69, 9.17) is 0 Å². The fourth-order valence-electron chi connectivity index (χ4n) is 3.10. The molecule has 4 rings (SSSR count). The predicted molar refractivity (Wildman–Crippen MR) is 133 cm³/mol. The molecule has 0 fully saturated rings. The van der Waals surface area contributed by atoms with E-state index >= 15 is 0 Å². The number of hydrogen-bond donors (Lipinski definition) is 3. The molecule has 0 radical (unpaired) electrons. The molecule has 0 spiro atoms. The molecule has 4 aromatic rings. The van der Waals surface area contributed by atoms with E-state index in [-0.39, 0.29) is 0 Å². The van der Waals surface area contributed by atoms with Crippen LogP contribution in [0, 0.1) is 0 Å². The highest BCUT2D eigenvalue weighted by atomic mass is 79.9. The van der Waals surface area contributed by atoms with E-state index in [9.17, 15) is 15.0 Å². The molecular weight excluding hydrogens is 490 g/mol. The third-order valence-electron chi connectivity index (χ3n) is 5.10. The number of carbonyl (C=O) groups is 1. The van der Waals surface area contributed by atoms with Gasteiger partial charge < -0.3 is 15.5 Å². The molecular formula is C24H20BrN3O3S. The van der Waals surface area contributed by atoms with Crippen LogP contribution < -0.4 is 5.32 Å². The van der Waals surface area contributed by atoms with Crippen LogP contribution in [-0.4, -0.2) is 38.9 Å². The second-order valence-electron chi connectivity index (χ2n) is 7.44. The van der Waals surface area contributed by atoms with Crippen LogP contribution in [0.5, 0.6) is 0 Å². The van der Waals surface area contributed by atoms with Crippen LogP contribution in [0.15, 0.2) is 76.2 Å². The van der Waals surface area contributed by atoms with Gasteiger partial charge in [-0.3, -0.25) is 4.99 Å². The highest BCUT2D eigenvalue weighted by Gasteiger charge is 2.30. The summed E-state index contributed by atoms with van der Waals surface area (Å²) in [4.78, 5) is 15.4. The smallest absolute Gasteiger partial charge is 0.333 e. The van der Waals surface area contributed by atoms with Gasteiger partial charge in [0.2, 0.25) is 0 Å². The number of aromatic nitrogens is 1. The van der Waals surface area contributed by atoms with Crippen molar-refractivity contribution in [2.45, 2.75) is 12.5 Å². The van der Waals surface area contributed by atoms with Gasteiger partial charge >= 0.3 is 5.97 Å². The highest BCUT2D eigenvalue weighted by Crippen LogP contribution is 2.37. The minimum Gasteiger partial charge on any atom is -0.479 e. The molecule has 1 atom stereocenters. The Kier molecular flexibility index (Phi) is 6.36. The summed E-state index contributed by atoms with van der Waals surface area (Å²) in [5.74, 6) is -0.435. The summed E-state index contributed by atoms with van der Waals surface area (Å²) >= 11 is 5.07. The SMILES string of the molecule is CC(CO)(N=Cc1ccc2c(Nc3cccc(-c4ccccc4)c3Br)nsc2c1)C(=O)O. The molecule has 0 saturated heterocycles. The lowest BCUT2D eigenvalue weighted by molar-refractivity contribution is -0.143. The van der Waals surface area contributed by atoms with Gasteiger partial charge in [-0.15, -0.1) is 0 Å². The van der Waals surface area contributed by atoms with E-state index in [2.05, 4.69) is 48.8 Å². The first-order chi connectivity index (χ1) is 15.4. The number of halogens is 1. The van der Waals surface area contributed by atoms with E-state index in [1.807, 2.05) is 48.5 Å². The van der Waals surface area contributed by atoms with E-state index in [1.165, 1.54) is 24.7 Å². The Morgan fingerprint density at radius 1 is 1.19 bits per heavy atom. The average Bonchev–Trinajstić information content (AvgIpc) is 3.21. The number of carboxylic acid groups (broad SMARTS) is 1. The summed E-state index contributed by atoms with van der Waals surface area (Å²) in [6.07, 6.45) is 1.47. The van der Waals surface area contributed by atoms with E-state index in [0.29, 0.717) is 0 Å². The van der Waals surface area contributed by atoms with E-state index in [0.717, 1.165) is 42.8 Å². The maximum absolute atomic E-state index is 11.3. The zero-order chi connectivity index (χ0) is 22.7. The fraction of sp³-hybridized carbons (Fsp3) is 0.125. The number of nitrogens with one attached hydrogen (secondary N) is 1. The van der Waals surface area contributed by atoms with Crippen LogP contribution in [-0.2, 0) is 4.79 Å². The van der Waals surface area contributed by atoms with Gasteiger partial charge in [0.15, 0.2) is 11.4 Å². The maximum Gasteiger partial charge on any atom is 0.333 e. The summed E-state index contributed by atoms with van der Waals surface area (Å²) in [7, 11) is 0. The van der Waals surface area contributed by atoms with Crippen molar-refractivity contribution in [1.82, 2.24) is 4.37 Å². The zero-order valence-corrected chi connectivity index (χ0v) is 19.5. The normalized spacial score (nSPS) is 13.3. The maximum atomic E-state index is 11.3. The molecule has 0 amide bonds. The molecule has 8 heteroatoms. The third-order valence-corrected chi connectivity index (χ3v) is 6.76. The molecule has 162 valence electrons. The third kappa shape index (κ3) is 4.43. The monoisotopic (exact) mass is 509 g/mol. The van der Waals surface area contributed by atoms with Crippen molar-refractivity contribution >= 4 is 61.2 Å². The second-order valence-corrected chi connectivity index (χ2v) is 9.04. The lowest BCUT2D eigenvalue weighted by atomic mass is 10.1. The first-order valence-corrected chi connectivity index (χ1v) is 11.4.